The molecule has 0 radical (unpaired) electrons. The highest BCUT2D eigenvalue weighted by Gasteiger charge is 2.16. The first-order valence-electron chi connectivity index (χ1n) is 5.20. The molecule has 2 nitrogen and oxygen atoms in total. The largest absolute Gasteiger partial charge is 0.326 e. The van der Waals surface area contributed by atoms with Crippen molar-refractivity contribution >= 4 is 11.8 Å². The average molecular weight is 208 g/mol. The van der Waals surface area contributed by atoms with Crippen LogP contribution in [0, 0.1) is 0 Å². The third kappa shape index (κ3) is 2.49. The number of nitrogens with two attached hydrogens (primary N) is 1. The maximum absolute atomic E-state index is 5.59. The van der Waals surface area contributed by atoms with E-state index in [0.717, 1.165) is 10.3 Å². The molecule has 1 aliphatic carbocycles. The molecule has 0 amide bonds. The first kappa shape index (κ1) is 9.99. The Morgan fingerprint density at radius 2 is 2.21 bits per heavy atom. The van der Waals surface area contributed by atoms with Crippen LogP contribution >= 0.6 is 11.8 Å². The van der Waals surface area contributed by atoms with E-state index < -0.39 is 0 Å². The Hall–Kier alpha value is -0.540. The summed E-state index contributed by atoms with van der Waals surface area (Å²) >= 11 is 1.91. The fourth-order valence-electron chi connectivity index (χ4n) is 1.82. The summed E-state index contributed by atoms with van der Waals surface area (Å²) in [6.45, 7) is 0.612. The second-order valence-corrected chi connectivity index (χ2v) is 5.05. The molecule has 14 heavy (non-hydrogen) atoms. The lowest BCUT2D eigenvalue weighted by molar-refractivity contribution is 0.886. The highest BCUT2D eigenvalue weighted by atomic mass is 32.2. The summed E-state index contributed by atoms with van der Waals surface area (Å²) < 4.78 is 0. The average Bonchev–Trinajstić information content (AvgIpc) is 2.71. The minimum absolute atomic E-state index is 0.612. The SMILES string of the molecule is NCc1ccnc(SC2CCCC2)c1. The summed E-state index contributed by atoms with van der Waals surface area (Å²) in [6.07, 6.45) is 7.32. The van der Waals surface area contributed by atoms with Crippen molar-refractivity contribution in [3.8, 4) is 0 Å². The van der Waals surface area contributed by atoms with Gasteiger partial charge in [-0.25, -0.2) is 4.98 Å². The van der Waals surface area contributed by atoms with Gasteiger partial charge in [0.05, 0.1) is 5.03 Å². The lowest BCUT2D eigenvalue weighted by Gasteiger charge is -2.08. The van der Waals surface area contributed by atoms with Gasteiger partial charge in [-0.3, -0.25) is 0 Å². The van der Waals surface area contributed by atoms with Crippen molar-refractivity contribution in [2.24, 2.45) is 5.73 Å². The number of aromatic nitrogens is 1. The molecule has 1 saturated carbocycles. The Morgan fingerprint density at radius 3 is 2.93 bits per heavy atom. The molecule has 1 aromatic rings. The number of pyridine rings is 1. The van der Waals surface area contributed by atoms with E-state index in [1.165, 1.54) is 31.2 Å². The molecular formula is C11H16N2S. The van der Waals surface area contributed by atoms with Crippen LogP contribution in [-0.4, -0.2) is 10.2 Å². The van der Waals surface area contributed by atoms with Crippen molar-refractivity contribution in [3.63, 3.8) is 0 Å². The second kappa shape index (κ2) is 4.80. The summed E-state index contributed by atoms with van der Waals surface area (Å²) in [7, 11) is 0. The van der Waals surface area contributed by atoms with Gasteiger partial charge in [0.1, 0.15) is 0 Å². The summed E-state index contributed by atoms with van der Waals surface area (Å²) in [5.74, 6) is 0. The van der Waals surface area contributed by atoms with Crippen molar-refractivity contribution in [1.29, 1.82) is 0 Å². The Kier molecular flexibility index (Phi) is 3.43. The van der Waals surface area contributed by atoms with Gasteiger partial charge in [0.25, 0.3) is 0 Å². The minimum atomic E-state index is 0.612. The molecule has 0 spiro atoms. The van der Waals surface area contributed by atoms with Crippen LogP contribution in [0.3, 0.4) is 0 Å². The Bertz CT molecular complexity index is 295. The molecule has 2 N–H and O–H groups in total. The van der Waals surface area contributed by atoms with E-state index >= 15 is 0 Å². The molecule has 1 heterocycles. The Balaban J connectivity index is 2.00. The van der Waals surface area contributed by atoms with E-state index in [1.54, 1.807) is 0 Å². The summed E-state index contributed by atoms with van der Waals surface area (Å²) in [5, 5.41) is 1.93. The standard InChI is InChI=1S/C11H16N2S/c12-8-9-5-6-13-11(7-9)14-10-3-1-2-4-10/h5-7,10H,1-4,8,12H2. The van der Waals surface area contributed by atoms with E-state index in [0.29, 0.717) is 6.54 Å². The molecule has 1 aromatic heterocycles. The summed E-state index contributed by atoms with van der Waals surface area (Å²) in [5.41, 5.74) is 6.77. The van der Waals surface area contributed by atoms with E-state index in [-0.39, 0.29) is 0 Å². The Morgan fingerprint density at radius 1 is 1.43 bits per heavy atom. The number of thioether (sulfide) groups is 1. The smallest absolute Gasteiger partial charge is 0.0965 e. The highest BCUT2D eigenvalue weighted by Crippen LogP contribution is 2.33. The fraction of sp³-hybridized carbons (Fsp3) is 0.545. The first-order chi connectivity index (χ1) is 6.88. The maximum atomic E-state index is 5.59. The topological polar surface area (TPSA) is 38.9 Å². The molecular weight excluding hydrogens is 192 g/mol. The van der Waals surface area contributed by atoms with Gasteiger partial charge in [-0.2, -0.15) is 0 Å². The Labute approximate surface area is 89.3 Å². The summed E-state index contributed by atoms with van der Waals surface area (Å²) in [4.78, 5) is 4.36. The lowest BCUT2D eigenvalue weighted by Crippen LogP contribution is -1.99. The van der Waals surface area contributed by atoms with Gasteiger partial charge in [-0.05, 0) is 30.5 Å². The van der Waals surface area contributed by atoms with Gasteiger partial charge in [0.2, 0.25) is 0 Å². The van der Waals surface area contributed by atoms with Gasteiger partial charge in [-0.1, -0.05) is 12.8 Å². The van der Waals surface area contributed by atoms with Crippen LogP contribution in [0.25, 0.3) is 0 Å². The van der Waals surface area contributed by atoms with Gasteiger partial charge in [0.15, 0.2) is 0 Å². The molecule has 0 atom stereocenters. The van der Waals surface area contributed by atoms with Crippen LogP contribution in [0.2, 0.25) is 0 Å². The van der Waals surface area contributed by atoms with E-state index in [1.807, 2.05) is 24.0 Å². The van der Waals surface area contributed by atoms with Gasteiger partial charge in [0, 0.05) is 18.0 Å². The molecule has 0 aliphatic heterocycles. The monoisotopic (exact) mass is 208 g/mol. The molecule has 0 bridgehead atoms. The van der Waals surface area contributed by atoms with Crippen LogP contribution in [0.1, 0.15) is 31.2 Å². The van der Waals surface area contributed by atoms with Crippen LogP contribution in [0.15, 0.2) is 23.4 Å². The van der Waals surface area contributed by atoms with E-state index in [9.17, 15) is 0 Å². The molecule has 2 rings (SSSR count). The fourth-order valence-corrected chi connectivity index (χ4v) is 3.07. The van der Waals surface area contributed by atoms with Crippen LogP contribution < -0.4 is 5.73 Å². The number of hydrogen-bond donors (Lipinski definition) is 1. The van der Waals surface area contributed by atoms with Crippen LogP contribution in [-0.2, 0) is 6.54 Å². The van der Waals surface area contributed by atoms with Crippen molar-refractivity contribution in [1.82, 2.24) is 4.98 Å². The zero-order chi connectivity index (χ0) is 9.80. The number of nitrogens with zero attached hydrogens (tertiary/aromatic N) is 1. The molecule has 1 fully saturated rings. The predicted octanol–water partition coefficient (Wildman–Crippen LogP) is 2.58. The third-order valence-electron chi connectivity index (χ3n) is 2.62. The second-order valence-electron chi connectivity index (χ2n) is 3.73. The van der Waals surface area contributed by atoms with Crippen LogP contribution in [0.4, 0.5) is 0 Å². The van der Waals surface area contributed by atoms with Crippen molar-refractivity contribution in [3.05, 3.63) is 23.9 Å². The van der Waals surface area contributed by atoms with Crippen molar-refractivity contribution in [2.45, 2.75) is 42.5 Å². The van der Waals surface area contributed by atoms with Crippen LogP contribution in [0.5, 0.6) is 0 Å². The maximum Gasteiger partial charge on any atom is 0.0965 e. The van der Waals surface area contributed by atoms with Gasteiger partial charge >= 0.3 is 0 Å². The molecule has 76 valence electrons. The number of hydrogen-bond acceptors (Lipinski definition) is 3. The van der Waals surface area contributed by atoms with E-state index in [4.69, 9.17) is 5.73 Å². The molecule has 3 heteroatoms. The first-order valence-corrected chi connectivity index (χ1v) is 6.08. The molecule has 0 unspecified atom stereocenters. The highest BCUT2D eigenvalue weighted by molar-refractivity contribution is 7.99. The quantitative estimate of drug-likeness (QED) is 0.829. The normalized spacial score (nSPS) is 17.5. The van der Waals surface area contributed by atoms with E-state index in [2.05, 4.69) is 11.1 Å². The van der Waals surface area contributed by atoms with Crippen molar-refractivity contribution < 1.29 is 0 Å². The van der Waals surface area contributed by atoms with Gasteiger partial charge in [-0.15, -0.1) is 11.8 Å². The number of rotatable bonds is 3. The predicted molar refractivity (Wildman–Crippen MR) is 60.2 cm³/mol. The third-order valence-corrected chi connectivity index (χ3v) is 3.89. The minimum Gasteiger partial charge on any atom is -0.326 e. The zero-order valence-electron chi connectivity index (χ0n) is 8.28. The summed E-state index contributed by atoms with van der Waals surface area (Å²) in [6, 6.07) is 4.10. The zero-order valence-corrected chi connectivity index (χ0v) is 9.09. The molecule has 0 saturated heterocycles. The van der Waals surface area contributed by atoms with Gasteiger partial charge < -0.3 is 5.73 Å². The van der Waals surface area contributed by atoms with Crippen molar-refractivity contribution in [2.75, 3.05) is 0 Å². The lowest BCUT2D eigenvalue weighted by atomic mass is 10.3. The molecule has 1 aliphatic rings. The molecule has 0 aromatic carbocycles.